The van der Waals surface area contributed by atoms with Crippen molar-refractivity contribution >= 4 is 23.5 Å². The summed E-state index contributed by atoms with van der Waals surface area (Å²) in [5, 5.41) is 15.5. The van der Waals surface area contributed by atoms with Crippen molar-refractivity contribution in [3.05, 3.63) is 60.2 Å². The molecule has 24 heavy (non-hydrogen) atoms. The van der Waals surface area contributed by atoms with Gasteiger partial charge in [0.05, 0.1) is 11.8 Å². The van der Waals surface area contributed by atoms with Gasteiger partial charge < -0.3 is 15.7 Å². The maximum Gasteiger partial charge on any atom is 0.319 e. The van der Waals surface area contributed by atoms with Gasteiger partial charge in [-0.15, -0.1) is 11.8 Å². The number of thioether (sulfide) groups is 1. The van der Waals surface area contributed by atoms with Crippen LogP contribution in [0.4, 0.5) is 10.5 Å². The van der Waals surface area contributed by atoms with Crippen LogP contribution < -0.4 is 10.6 Å². The second-order valence-electron chi connectivity index (χ2n) is 5.73. The van der Waals surface area contributed by atoms with Gasteiger partial charge in [-0.3, -0.25) is 0 Å². The van der Waals surface area contributed by atoms with Crippen molar-refractivity contribution in [2.45, 2.75) is 30.3 Å². The Hall–Kier alpha value is -1.98. The number of aliphatic hydroxyl groups excluding tert-OH is 1. The average molecular weight is 344 g/mol. The maximum atomic E-state index is 12.2. The quantitative estimate of drug-likeness (QED) is 0.663. The molecular weight excluding hydrogens is 320 g/mol. The smallest absolute Gasteiger partial charge is 0.319 e. The molecular formula is C19H24N2O2S. The van der Waals surface area contributed by atoms with Gasteiger partial charge in [-0.1, -0.05) is 42.5 Å². The molecule has 0 spiro atoms. The van der Waals surface area contributed by atoms with Crippen LogP contribution in [-0.2, 0) is 0 Å². The summed E-state index contributed by atoms with van der Waals surface area (Å²) in [6, 6.07) is 17.4. The van der Waals surface area contributed by atoms with E-state index in [1.165, 1.54) is 0 Å². The number of benzene rings is 2. The number of para-hydroxylation sites is 1. The van der Waals surface area contributed by atoms with Gasteiger partial charge in [0.15, 0.2) is 0 Å². The van der Waals surface area contributed by atoms with Gasteiger partial charge in [-0.2, -0.15) is 0 Å². The first-order valence-electron chi connectivity index (χ1n) is 8.01. The fraction of sp³-hybridized carbons (Fsp3) is 0.316. The topological polar surface area (TPSA) is 61.4 Å². The van der Waals surface area contributed by atoms with Crippen LogP contribution in [0.1, 0.15) is 24.8 Å². The molecule has 0 aliphatic rings. The molecule has 5 heteroatoms. The SMILES string of the molecule is CSc1ccccc1NC(=O)NCC(CC(C)O)c1ccccc1. The first-order chi connectivity index (χ1) is 11.6. The van der Waals surface area contributed by atoms with Gasteiger partial charge in [-0.25, -0.2) is 4.79 Å². The molecule has 0 bridgehead atoms. The largest absolute Gasteiger partial charge is 0.393 e. The van der Waals surface area contributed by atoms with Crippen molar-refractivity contribution in [2.75, 3.05) is 18.1 Å². The third-order valence-electron chi connectivity index (χ3n) is 3.76. The number of anilines is 1. The average Bonchev–Trinajstić information content (AvgIpc) is 2.59. The molecule has 0 fully saturated rings. The Balaban J connectivity index is 1.97. The van der Waals surface area contributed by atoms with Crippen LogP contribution in [0.3, 0.4) is 0 Å². The van der Waals surface area contributed by atoms with Crippen molar-refractivity contribution in [3.63, 3.8) is 0 Å². The molecule has 0 saturated heterocycles. The van der Waals surface area contributed by atoms with Crippen LogP contribution in [0.25, 0.3) is 0 Å². The monoisotopic (exact) mass is 344 g/mol. The Morgan fingerprint density at radius 1 is 1.12 bits per heavy atom. The molecule has 2 atom stereocenters. The fourth-order valence-electron chi connectivity index (χ4n) is 2.60. The molecule has 2 aromatic rings. The second-order valence-corrected chi connectivity index (χ2v) is 6.58. The lowest BCUT2D eigenvalue weighted by molar-refractivity contribution is 0.173. The number of carbonyl (C=O) groups excluding carboxylic acids is 1. The summed E-state index contributed by atoms with van der Waals surface area (Å²) in [5.74, 6) is 0.0766. The molecule has 2 unspecified atom stereocenters. The molecule has 0 saturated carbocycles. The minimum atomic E-state index is -0.419. The number of rotatable bonds is 7. The number of hydrogen-bond donors (Lipinski definition) is 3. The van der Waals surface area contributed by atoms with Crippen LogP contribution in [0.5, 0.6) is 0 Å². The lowest BCUT2D eigenvalue weighted by atomic mass is 9.93. The third-order valence-corrected chi connectivity index (χ3v) is 4.56. The van der Waals surface area contributed by atoms with E-state index in [2.05, 4.69) is 10.6 Å². The van der Waals surface area contributed by atoms with Crippen molar-refractivity contribution in [1.29, 1.82) is 0 Å². The zero-order valence-electron chi connectivity index (χ0n) is 14.0. The number of hydrogen-bond acceptors (Lipinski definition) is 3. The van der Waals surface area contributed by atoms with Gasteiger partial charge in [0.2, 0.25) is 0 Å². The van der Waals surface area contributed by atoms with E-state index in [-0.39, 0.29) is 11.9 Å². The Morgan fingerprint density at radius 3 is 2.46 bits per heavy atom. The van der Waals surface area contributed by atoms with Crippen molar-refractivity contribution < 1.29 is 9.90 Å². The Kier molecular flexibility index (Phi) is 7.15. The standard InChI is InChI=1S/C19H24N2O2S/c1-14(22)12-16(15-8-4-3-5-9-15)13-20-19(23)21-17-10-6-7-11-18(17)24-2/h3-11,14,16,22H,12-13H2,1-2H3,(H2,20,21,23). The van der Waals surface area contributed by atoms with E-state index in [1.54, 1.807) is 18.7 Å². The van der Waals surface area contributed by atoms with Gasteiger partial charge in [0, 0.05) is 17.4 Å². The summed E-state index contributed by atoms with van der Waals surface area (Å²) in [7, 11) is 0. The number of aliphatic hydroxyl groups is 1. The normalized spacial score (nSPS) is 13.1. The van der Waals surface area contributed by atoms with Gasteiger partial charge >= 0.3 is 6.03 Å². The summed E-state index contributed by atoms with van der Waals surface area (Å²) >= 11 is 1.59. The van der Waals surface area contributed by atoms with Crippen molar-refractivity contribution in [3.8, 4) is 0 Å². The highest BCUT2D eigenvalue weighted by molar-refractivity contribution is 7.98. The molecule has 0 aliphatic carbocycles. The third kappa shape index (κ3) is 5.58. The zero-order valence-corrected chi connectivity index (χ0v) is 14.8. The van der Waals surface area contributed by atoms with Gasteiger partial charge in [0.25, 0.3) is 0 Å². The molecule has 0 aliphatic heterocycles. The van der Waals surface area contributed by atoms with E-state index >= 15 is 0 Å². The maximum absolute atomic E-state index is 12.2. The number of urea groups is 1. The molecule has 128 valence electrons. The highest BCUT2D eigenvalue weighted by Crippen LogP contribution is 2.24. The Labute approximate surface area is 147 Å². The van der Waals surface area contributed by atoms with Crippen LogP contribution in [0.15, 0.2) is 59.5 Å². The van der Waals surface area contributed by atoms with Crippen LogP contribution in [0.2, 0.25) is 0 Å². The minimum absolute atomic E-state index is 0.0766. The van der Waals surface area contributed by atoms with Crippen molar-refractivity contribution in [1.82, 2.24) is 5.32 Å². The minimum Gasteiger partial charge on any atom is -0.393 e. The molecule has 0 heterocycles. The van der Waals surface area contributed by atoms with E-state index in [0.29, 0.717) is 13.0 Å². The van der Waals surface area contributed by atoms with Crippen LogP contribution >= 0.6 is 11.8 Å². The number of carbonyl (C=O) groups is 1. The van der Waals surface area contributed by atoms with Crippen LogP contribution in [0, 0.1) is 0 Å². The lowest BCUT2D eigenvalue weighted by Crippen LogP contribution is -2.33. The summed E-state index contributed by atoms with van der Waals surface area (Å²) in [5.41, 5.74) is 1.91. The first kappa shape index (κ1) is 18.4. The van der Waals surface area contributed by atoms with E-state index in [9.17, 15) is 9.90 Å². The molecule has 0 radical (unpaired) electrons. The van der Waals surface area contributed by atoms with Gasteiger partial charge in [-0.05, 0) is 37.3 Å². The van der Waals surface area contributed by atoms with Crippen LogP contribution in [-0.4, -0.2) is 30.0 Å². The van der Waals surface area contributed by atoms with Gasteiger partial charge in [0.1, 0.15) is 0 Å². The fourth-order valence-corrected chi connectivity index (χ4v) is 3.16. The Morgan fingerprint density at radius 2 is 1.79 bits per heavy atom. The lowest BCUT2D eigenvalue weighted by Gasteiger charge is -2.20. The molecule has 2 amide bonds. The molecule has 0 aromatic heterocycles. The highest BCUT2D eigenvalue weighted by atomic mass is 32.2. The molecule has 2 aromatic carbocycles. The summed E-state index contributed by atoms with van der Waals surface area (Å²) in [6.45, 7) is 2.24. The summed E-state index contributed by atoms with van der Waals surface area (Å²) < 4.78 is 0. The van der Waals surface area contributed by atoms with E-state index in [0.717, 1.165) is 16.1 Å². The summed E-state index contributed by atoms with van der Waals surface area (Å²) in [6.07, 6.45) is 2.16. The van der Waals surface area contributed by atoms with E-state index < -0.39 is 6.10 Å². The van der Waals surface area contributed by atoms with E-state index in [1.807, 2.05) is 60.9 Å². The zero-order chi connectivity index (χ0) is 17.4. The second kappa shape index (κ2) is 9.35. The predicted molar refractivity (Wildman–Crippen MR) is 101 cm³/mol. The summed E-state index contributed by atoms with van der Waals surface area (Å²) in [4.78, 5) is 13.2. The van der Waals surface area contributed by atoms with Crippen molar-refractivity contribution in [2.24, 2.45) is 0 Å². The highest BCUT2D eigenvalue weighted by Gasteiger charge is 2.15. The number of amides is 2. The molecule has 2 rings (SSSR count). The van der Waals surface area contributed by atoms with E-state index in [4.69, 9.17) is 0 Å². The predicted octanol–water partition coefficient (Wildman–Crippen LogP) is 4.08. The Bertz CT molecular complexity index is 647. The number of nitrogens with one attached hydrogen (secondary N) is 2. The molecule has 3 N–H and O–H groups in total. The first-order valence-corrected chi connectivity index (χ1v) is 9.23. The molecule has 4 nitrogen and oxygen atoms in total.